The van der Waals surface area contributed by atoms with Crippen LogP contribution >= 0.6 is 0 Å². The van der Waals surface area contributed by atoms with E-state index < -0.39 is 17.9 Å². The number of aliphatic carboxylic acids is 1. The van der Waals surface area contributed by atoms with E-state index in [1.807, 2.05) is 13.8 Å². The van der Waals surface area contributed by atoms with E-state index in [1.165, 1.54) is 10.9 Å². The van der Waals surface area contributed by atoms with Crippen LogP contribution in [0.15, 0.2) is 6.20 Å². The van der Waals surface area contributed by atoms with Crippen LogP contribution in [0, 0.1) is 5.92 Å². The first kappa shape index (κ1) is 15.6. The van der Waals surface area contributed by atoms with Gasteiger partial charge in [-0.15, -0.1) is 5.10 Å². The van der Waals surface area contributed by atoms with Crippen LogP contribution < -0.4 is 10.6 Å². The number of carbonyl (C=O) groups excluding carboxylic acids is 2. The zero-order chi connectivity index (χ0) is 15.1. The molecule has 0 aliphatic rings. The minimum Gasteiger partial charge on any atom is -0.481 e. The Balaban J connectivity index is 2.40. The monoisotopic (exact) mass is 283 g/mol. The molecule has 1 aromatic rings. The fraction of sp³-hybridized carbons (Fsp3) is 0.545. The molecule has 0 aliphatic heterocycles. The van der Waals surface area contributed by atoms with Gasteiger partial charge in [0.05, 0.1) is 12.1 Å². The van der Waals surface area contributed by atoms with Crippen LogP contribution in [0.5, 0.6) is 0 Å². The van der Waals surface area contributed by atoms with Gasteiger partial charge in [-0.1, -0.05) is 19.1 Å². The van der Waals surface area contributed by atoms with E-state index >= 15 is 0 Å². The van der Waals surface area contributed by atoms with Gasteiger partial charge in [-0.05, 0) is 5.92 Å². The van der Waals surface area contributed by atoms with Gasteiger partial charge in [0.2, 0.25) is 5.91 Å². The number of amides is 3. The van der Waals surface area contributed by atoms with Gasteiger partial charge in [-0.3, -0.25) is 14.9 Å². The van der Waals surface area contributed by atoms with Crippen molar-refractivity contribution in [1.29, 1.82) is 0 Å². The van der Waals surface area contributed by atoms with Gasteiger partial charge >= 0.3 is 12.0 Å². The fourth-order valence-electron chi connectivity index (χ4n) is 1.31. The van der Waals surface area contributed by atoms with E-state index in [2.05, 4.69) is 20.9 Å². The molecule has 0 aromatic carbocycles. The van der Waals surface area contributed by atoms with Crippen molar-refractivity contribution < 1.29 is 19.5 Å². The van der Waals surface area contributed by atoms with Crippen LogP contribution in [-0.2, 0) is 22.6 Å². The second kappa shape index (κ2) is 7.22. The molecule has 3 N–H and O–H groups in total. The molecule has 0 fully saturated rings. The van der Waals surface area contributed by atoms with Crippen molar-refractivity contribution in [3.05, 3.63) is 11.9 Å². The summed E-state index contributed by atoms with van der Waals surface area (Å²) in [4.78, 5) is 33.3. The SMILES string of the molecule is CC(C)CNC(=O)NC(=O)Cn1cc(CC(=O)O)nn1. The zero-order valence-electron chi connectivity index (χ0n) is 11.3. The van der Waals surface area contributed by atoms with Gasteiger partial charge in [-0.25, -0.2) is 9.48 Å². The summed E-state index contributed by atoms with van der Waals surface area (Å²) in [6.07, 6.45) is 1.08. The van der Waals surface area contributed by atoms with Gasteiger partial charge in [0.25, 0.3) is 0 Å². The van der Waals surface area contributed by atoms with Gasteiger partial charge in [0, 0.05) is 12.7 Å². The highest BCUT2D eigenvalue weighted by Gasteiger charge is 2.11. The highest BCUT2D eigenvalue weighted by molar-refractivity contribution is 5.94. The molecule has 3 amide bonds. The first-order valence-corrected chi connectivity index (χ1v) is 6.05. The molecule has 0 atom stereocenters. The number of rotatable bonds is 6. The average Bonchev–Trinajstić information content (AvgIpc) is 2.72. The summed E-state index contributed by atoms with van der Waals surface area (Å²) in [5.41, 5.74) is 0.245. The van der Waals surface area contributed by atoms with Crippen molar-refractivity contribution >= 4 is 17.9 Å². The third kappa shape index (κ3) is 5.94. The number of aromatic nitrogens is 3. The number of nitrogens with zero attached hydrogens (tertiary/aromatic N) is 3. The lowest BCUT2D eigenvalue weighted by Crippen LogP contribution is -2.42. The molecule has 0 spiro atoms. The zero-order valence-corrected chi connectivity index (χ0v) is 11.3. The Kier molecular flexibility index (Phi) is 5.63. The lowest BCUT2D eigenvalue weighted by Gasteiger charge is -2.08. The van der Waals surface area contributed by atoms with Crippen molar-refractivity contribution in [2.75, 3.05) is 6.54 Å². The second-order valence-electron chi connectivity index (χ2n) is 4.63. The van der Waals surface area contributed by atoms with Crippen LogP contribution in [0.25, 0.3) is 0 Å². The predicted molar refractivity (Wildman–Crippen MR) is 67.7 cm³/mol. The molecule has 0 unspecified atom stereocenters. The summed E-state index contributed by atoms with van der Waals surface area (Å²) >= 11 is 0. The lowest BCUT2D eigenvalue weighted by atomic mass is 10.2. The smallest absolute Gasteiger partial charge is 0.321 e. The predicted octanol–water partition coefficient (Wildman–Crippen LogP) is -0.613. The molecule has 0 radical (unpaired) electrons. The van der Waals surface area contributed by atoms with Gasteiger partial charge < -0.3 is 10.4 Å². The van der Waals surface area contributed by atoms with Crippen LogP contribution in [0.1, 0.15) is 19.5 Å². The van der Waals surface area contributed by atoms with Crippen molar-refractivity contribution in [2.24, 2.45) is 5.92 Å². The Bertz CT molecular complexity index is 497. The molecular weight excluding hydrogens is 266 g/mol. The van der Waals surface area contributed by atoms with Crippen LogP contribution in [0.4, 0.5) is 4.79 Å². The summed E-state index contributed by atoms with van der Waals surface area (Å²) in [5.74, 6) is -1.31. The van der Waals surface area contributed by atoms with Crippen LogP contribution in [0.2, 0.25) is 0 Å². The van der Waals surface area contributed by atoms with Crippen molar-refractivity contribution in [3.63, 3.8) is 0 Å². The van der Waals surface area contributed by atoms with E-state index in [9.17, 15) is 14.4 Å². The highest BCUT2D eigenvalue weighted by Crippen LogP contribution is 1.94. The molecule has 1 rings (SSSR count). The Morgan fingerprint density at radius 1 is 1.40 bits per heavy atom. The number of hydrogen-bond acceptors (Lipinski definition) is 5. The largest absolute Gasteiger partial charge is 0.481 e. The van der Waals surface area contributed by atoms with Crippen molar-refractivity contribution in [1.82, 2.24) is 25.6 Å². The van der Waals surface area contributed by atoms with Gasteiger partial charge in [-0.2, -0.15) is 0 Å². The summed E-state index contributed by atoms with van der Waals surface area (Å²) < 4.78 is 1.17. The number of nitrogens with one attached hydrogen (secondary N) is 2. The molecule has 1 heterocycles. The Hall–Kier alpha value is -2.45. The number of imide groups is 1. The third-order valence-corrected chi connectivity index (χ3v) is 2.15. The van der Waals surface area contributed by atoms with E-state index in [0.29, 0.717) is 6.54 Å². The molecule has 110 valence electrons. The molecule has 9 heteroatoms. The minimum atomic E-state index is -1.03. The number of urea groups is 1. The number of carboxylic acids is 1. The summed E-state index contributed by atoms with van der Waals surface area (Å²) in [6, 6.07) is -0.574. The number of hydrogen-bond donors (Lipinski definition) is 3. The van der Waals surface area contributed by atoms with Crippen molar-refractivity contribution in [3.8, 4) is 0 Å². The van der Waals surface area contributed by atoms with E-state index in [-0.39, 0.29) is 24.6 Å². The molecule has 0 bridgehead atoms. The third-order valence-electron chi connectivity index (χ3n) is 2.15. The maximum Gasteiger partial charge on any atom is 0.321 e. The van der Waals surface area contributed by atoms with Crippen LogP contribution in [0.3, 0.4) is 0 Å². The van der Waals surface area contributed by atoms with Gasteiger partial charge in [0.1, 0.15) is 6.54 Å². The van der Waals surface area contributed by atoms with E-state index in [4.69, 9.17) is 5.11 Å². The fourth-order valence-corrected chi connectivity index (χ4v) is 1.31. The maximum absolute atomic E-state index is 11.5. The normalized spacial score (nSPS) is 10.3. The Morgan fingerprint density at radius 3 is 2.70 bits per heavy atom. The number of carbonyl (C=O) groups is 3. The minimum absolute atomic E-state index is 0.207. The van der Waals surface area contributed by atoms with E-state index in [1.54, 1.807) is 0 Å². The van der Waals surface area contributed by atoms with Crippen molar-refractivity contribution in [2.45, 2.75) is 26.8 Å². The quantitative estimate of drug-likeness (QED) is 0.639. The summed E-state index contributed by atoms with van der Waals surface area (Å²) in [5, 5.41) is 20.4. The molecule has 0 saturated heterocycles. The van der Waals surface area contributed by atoms with Crippen LogP contribution in [-0.4, -0.2) is 44.6 Å². The topological polar surface area (TPSA) is 126 Å². The Labute approximate surface area is 115 Å². The Morgan fingerprint density at radius 2 is 2.10 bits per heavy atom. The molecule has 0 aliphatic carbocycles. The molecule has 20 heavy (non-hydrogen) atoms. The first-order valence-electron chi connectivity index (χ1n) is 6.05. The molecule has 1 aromatic heterocycles. The number of carboxylic acid groups (broad SMARTS) is 1. The summed E-state index contributed by atoms with van der Waals surface area (Å²) in [7, 11) is 0. The molecular formula is C11H17N5O4. The maximum atomic E-state index is 11.5. The summed E-state index contributed by atoms with van der Waals surface area (Å²) in [6.45, 7) is 4.12. The second-order valence-corrected chi connectivity index (χ2v) is 4.63. The lowest BCUT2D eigenvalue weighted by molar-refractivity contribution is -0.136. The standard InChI is InChI=1S/C11H17N5O4/c1-7(2)4-12-11(20)13-9(17)6-16-5-8(14-15-16)3-10(18)19/h5,7H,3-4,6H2,1-2H3,(H,18,19)(H2,12,13,17,20). The van der Waals surface area contributed by atoms with E-state index in [0.717, 1.165) is 0 Å². The van der Waals surface area contributed by atoms with Gasteiger partial charge in [0.15, 0.2) is 0 Å². The highest BCUT2D eigenvalue weighted by atomic mass is 16.4. The molecule has 0 saturated carbocycles. The average molecular weight is 283 g/mol. The first-order chi connectivity index (χ1) is 9.36. The molecule has 9 nitrogen and oxygen atoms in total.